The van der Waals surface area contributed by atoms with E-state index in [0.29, 0.717) is 5.95 Å². The third-order valence-corrected chi connectivity index (χ3v) is 12.5. The Balaban J connectivity index is 1.14. The Hall–Kier alpha value is -7.56. The van der Waals surface area contributed by atoms with Crippen LogP contribution in [0.25, 0.3) is 100 Å². The molecule has 3 heterocycles. The fraction of sp³-hybridized carbons (Fsp3) is 0.0545. The molecule has 8 aromatic carbocycles. The van der Waals surface area contributed by atoms with Gasteiger partial charge in [-0.1, -0.05) is 166 Å². The molecule has 1 aliphatic carbocycles. The predicted octanol–water partition coefficient (Wildman–Crippen LogP) is 14.0. The summed E-state index contributed by atoms with van der Waals surface area (Å²) in [4.78, 5) is 11.1. The zero-order valence-corrected chi connectivity index (χ0v) is 32.8. The van der Waals surface area contributed by atoms with Crippen molar-refractivity contribution in [3.8, 4) is 56.4 Å². The summed E-state index contributed by atoms with van der Waals surface area (Å²) >= 11 is 0. The maximum atomic E-state index is 5.57. The average molecular weight is 755 g/mol. The first-order chi connectivity index (χ1) is 29.0. The molecule has 1 aliphatic rings. The largest absolute Gasteiger partial charge is 0.306 e. The summed E-state index contributed by atoms with van der Waals surface area (Å²) in [6.45, 7) is 4.70. The molecule has 0 N–H and O–H groups in total. The average Bonchev–Trinajstić information content (AvgIpc) is 3.92. The first-order valence-corrected chi connectivity index (χ1v) is 20.3. The van der Waals surface area contributed by atoms with Crippen LogP contribution in [0, 0.1) is 0 Å². The number of aromatic nitrogens is 4. The number of hydrogen-bond donors (Lipinski definition) is 0. The van der Waals surface area contributed by atoms with E-state index in [-0.39, 0.29) is 5.41 Å². The van der Waals surface area contributed by atoms with Crippen molar-refractivity contribution >= 4 is 43.6 Å². The highest BCUT2D eigenvalue weighted by Crippen LogP contribution is 2.50. The number of hydrogen-bond acceptors (Lipinski definition) is 2. The molecular formula is C55H38N4. The van der Waals surface area contributed by atoms with Crippen LogP contribution in [0.5, 0.6) is 0 Å². The van der Waals surface area contributed by atoms with E-state index in [0.717, 1.165) is 50.3 Å². The molecule has 59 heavy (non-hydrogen) atoms. The van der Waals surface area contributed by atoms with Crippen molar-refractivity contribution in [2.45, 2.75) is 19.3 Å². The zero-order chi connectivity index (χ0) is 39.2. The van der Waals surface area contributed by atoms with Gasteiger partial charge in [0.1, 0.15) is 5.69 Å². The van der Waals surface area contributed by atoms with Gasteiger partial charge >= 0.3 is 0 Å². The Morgan fingerprint density at radius 3 is 1.90 bits per heavy atom. The van der Waals surface area contributed by atoms with E-state index < -0.39 is 0 Å². The molecule has 4 nitrogen and oxygen atoms in total. The molecule has 0 fully saturated rings. The lowest BCUT2D eigenvalue weighted by molar-refractivity contribution is 0.660. The number of nitrogens with zero attached hydrogens (tertiary/aromatic N) is 4. The van der Waals surface area contributed by atoms with Gasteiger partial charge in [-0.15, -0.1) is 0 Å². The first kappa shape index (κ1) is 33.6. The van der Waals surface area contributed by atoms with Gasteiger partial charge in [-0.05, 0) is 92.2 Å². The lowest BCUT2D eigenvalue weighted by Crippen LogP contribution is -2.14. The highest BCUT2D eigenvalue weighted by Gasteiger charge is 2.35. The maximum absolute atomic E-state index is 5.57. The molecule has 12 rings (SSSR count). The van der Waals surface area contributed by atoms with Crippen LogP contribution in [0.1, 0.15) is 25.0 Å². The summed E-state index contributed by atoms with van der Waals surface area (Å²) in [6.07, 6.45) is 0. The summed E-state index contributed by atoms with van der Waals surface area (Å²) in [5.74, 6) is 0.640. The zero-order valence-electron chi connectivity index (χ0n) is 32.8. The molecule has 278 valence electrons. The molecule has 0 unspecified atom stereocenters. The van der Waals surface area contributed by atoms with Gasteiger partial charge in [0.15, 0.2) is 0 Å². The van der Waals surface area contributed by atoms with Crippen LogP contribution in [0.15, 0.2) is 194 Å². The van der Waals surface area contributed by atoms with Crippen LogP contribution < -0.4 is 0 Å². The van der Waals surface area contributed by atoms with Crippen molar-refractivity contribution in [2.24, 2.45) is 0 Å². The molecule has 4 heteroatoms. The van der Waals surface area contributed by atoms with Crippen molar-refractivity contribution in [3.05, 3.63) is 205 Å². The maximum Gasteiger partial charge on any atom is 0.235 e. The van der Waals surface area contributed by atoms with Crippen molar-refractivity contribution < 1.29 is 0 Å². The third-order valence-electron chi connectivity index (χ3n) is 12.5. The van der Waals surface area contributed by atoms with Gasteiger partial charge in [-0.2, -0.15) is 0 Å². The summed E-state index contributed by atoms with van der Waals surface area (Å²) in [6, 6.07) is 69.9. The molecule has 0 saturated heterocycles. The molecule has 3 aromatic heterocycles. The normalized spacial score (nSPS) is 13.1. The molecule has 11 aromatic rings. The van der Waals surface area contributed by atoms with Crippen LogP contribution in [0.2, 0.25) is 0 Å². The Morgan fingerprint density at radius 1 is 0.441 bits per heavy atom. The van der Waals surface area contributed by atoms with E-state index >= 15 is 0 Å². The highest BCUT2D eigenvalue weighted by atomic mass is 15.2. The van der Waals surface area contributed by atoms with Gasteiger partial charge in [0.05, 0.1) is 27.8 Å². The van der Waals surface area contributed by atoms with Gasteiger partial charge in [0.2, 0.25) is 5.95 Å². The van der Waals surface area contributed by atoms with E-state index in [2.05, 4.69) is 217 Å². The standard InChI is InChI=1S/C55H38N4/c1-55(2)45-25-15-14-24-42(45)43-29-26-39(33-46(43)55)38-28-30-48-44(32-38)51-41-23-13-12-16-35(41)27-31-49(51)59(48)54-56-47-34-50(36-17-6-3-7-18-36)58(40-21-10-5-11-22-40)53(47)52(57-54)37-19-8-4-9-20-37/h3-34H,1-2H3. The van der Waals surface area contributed by atoms with Crippen molar-refractivity contribution in [1.29, 1.82) is 0 Å². The van der Waals surface area contributed by atoms with E-state index in [1.807, 2.05) is 0 Å². The lowest BCUT2D eigenvalue weighted by Gasteiger charge is -2.22. The summed E-state index contributed by atoms with van der Waals surface area (Å²) in [7, 11) is 0. The fourth-order valence-corrected chi connectivity index (χ4v) is 9.73. The predicted molar refractivity (Wildman–Crippen MR) is 245 cm³/mol. The summed E-state index contributed by atoms with van der Waals surface area (Å²) in [5.41, 5.74) is 16.9. The van der Waals surface area contributed by atoms with Crippen LogP contribution in [0.4, 0.5) is 0 Å². The fourth-order valence-electron chi connectivity index (χ4n) is 9.73. The molecule has 0 spiro atoms. The Kier molecular flexibility index (Phi) is 7.24. The minimum Gasteiger partial charge on any atom is -0.306 e. The van der Waals surface area contributed by atoms with Crippen LogP contribution in [-0.2, 0) is 5.41 Å². The van der Waals surface area contributed by atoms with Crippen LogP contribution in [0.3, 0.4) is 0 Å². The summed E-state index contributed by atoms with van der Waals surface area (Å²) in [5, 5.41) is 4.79. The molecule has 0 radical (unpaired) electrons. The minimum absolute atomic E-state index is 0.0788. The summed E-state index contributed by atoms with van der Waals surface area (Å²) < 4.78 is 4.59. The van der Waals surface area contributed by atoms with Gasteiger partial charge in [-0.3, -0.25) is 4.57 Å². The quantitative estimate of drug-likeness (QED) is 0.175. The number of benzene rings is 8. The van der Waals surface area contributed by atoms with Crippen LogP contribution in [-0.4, -0.2) is 19.1 Å². The lowest BCUT2D eigenvalue weighted by atomic mass is 9.81. The van der Waals surface area contributed by atoms with Gasteiger partial charge < -0.3 is 4.57 Å². The van der Waals surface area contributed by atoms with Crippen LogP contribution >= 0.6 is 0 Å². The van der Waals surface area contributed by atoms with Gasteiger partial charge in [0, 0.05) is 27.4 Å². The Labute approximate surface area is 342 Å². The smallest absolute Gasteiger partial charge is 0.235 e. The van der Waals surface area contributed by atoms with E-state index in [4.69, 9.17) is 9.97 Å². The molecule has 0 aliphatic heterocycles. The molecule has 0 atom stereocenters. The SMILES string of the molecule is CC1(C)c2ccccc2-c2ccc(-c3ccc4c(c3)c3c5ccccc5ccc3n4-c3nc(-c4ccccc4)c4c(cc(-c5ccccc5)n4-c4ccccc4)n3)cc21. The third kappa shape index (κ3) is 5.03. The molecule has 0 saturated carbocycles. The Bertz CT molecular complexity index is 3450. The number of para-hydroxylation sites is 1. The second-order valence-electron chi connectivity index (χ2n) is 16.2. The molecule has 0 bridgehead atoms. The monoisotopic (exact) mass is 754 g/mol. The van der Waals surface area contributed by atoms with Crippen molar-refractivity contribution in [3.63, 3.8) is 0 Å². The molecule has 0 amide bonds. The highest BCUT2D eigenvalue weighted by molar-refractivity contribution is 6.22. The number of fused-ring (bicyclic) bond motifs is 9. The van der Waals surface area contributed by atoms with E-state index in [1.165, 1.54) is 54.9 Å². The van der Waals surface area contributed by atoms with Gasteiger partial charge in [0.25, 0.3) is 0 Å². The number of rotatable bonds is 5. The van der Waals surface area contributed by atoms with E-state index in [1.54, 1.807) is 0 Å². The van der Waals surface area contributed by atoms with Crippen molar-refractivity contribution in [2.75, 3.05) is 0 Å². The Morgan fingerprint density at radius 2 is 1.08 bits per heavy atom. The second kappa shape index (κ2) is 12.7. The van der Waals surface area contributed by atoms with Gasteiger partial charge in [-0.25, -0.2) is 9.97 Å². The van der Waals surface area contributed by atoms with E-state index in [9.17, 15) is 0 Å². The first-order valence-electron chi connectivity index (χ1n) is 20.3. The molecular weight excluding hydrogens is 717 g/mol. The topological polar surface area (TPSA) is 35.6 Å². The minimum atomic E-state index is -0.0788. The van der Waals surface area contributed by atoms with Crippen molar-refractivity contribution in [1.82, 2.24) is 19.1 Å². The second-order valence-corrected chi connectivity index (χ2v) is 16.2.